The Morgan fingerprint density at radius 1 is 1.00 bits per heavy atom. The standard InChI is InChI=1S/C25H34N2O3/c1-20(2)27-15-9-24(10-16-27)30-23-5-3-21(4-6-23)25(11-17-28-18-12-25)19-29-22-7-13-26-14-8-22/h3-8,13-14,20,24H,9-12,15-19H2,1-2H3. The van der Waals surface area contributed by atoms with Gasteiger partial charge in [-0.15, -0.1) is 0 Å². The third kappa shape index (κ3) is 5.13. The zero-order valence-electron chi connectivity index (χ0n) is 18.3. The molecule has 0 N–H and O–H groups in total. The maximum Gasteiger partial charge on any atom is 0.122 e. The van der Waals surface area contributed by atoms with Gasteiger partial charge in [-0.05, 0) is 69.4 Å². The number of ether oxygens (including phenoxy) is 3. The van der Waals surface area contributed by atoms with Gasteiger partial charge < -0.3 is 19.1 Å². The van der Waals surface area contributed by atoms with Crippen LogP contribution in [0.2, 0.25) is 0 Å². The van der Waals surface area contributed by atoms with E-state index in [-0.39, 0.29) is 5.41 Å². The van der Waals surface area contributed by atoms with Crippen LogP contribution >= 0.6 is 0 Å². The zero-order chi connectivity index (χ0) is 20.8. The number of hydrogen-bond acceptors (Lipinski definition) is 5. The van der Waals surface area contributed by atoms with E-state index in [9.17, 15) is 0 Å². The first kappa shape index (κ1) is 21.1. The number of aromatic nitrogens is 1. The summed E-state index contributed by atoms with van der Waals surface area (Å²) < 4.78 is 18.1. The number of rotatable bonds is 7. The van der Waals surface area contributed by atoms with Crippen LogP contribution < -0.4 is 9.47 Å². The average Bonchev–Trinajstić information content (AvgIpc) is 2.80. The summed E-state index contributed by atoms with van der Waals surface area (Å²) in [6.45, 7) is 8.97. The van der Waals surface area contributed by atoms with Crippen LogP contribution in [0.4, 0.5) is 0 Å². The number of likely N-dealkylation sites (tertiary alicyclic amines) is 1. The minimum atomic E-state index is -0.0251. The second kappa shape index (κ2) is 9.80. The third-order valence-electron chi connectivity index (χ3n) is 6.59. The van der Waals surface area contributed by atoms with Crippen molar-refractivity contribution < 1.29 is 14.2 Å². The van der Waals surface area contributed by atoms with Crippen molar-refractivity contribution in [3.8, 4) is 11.5 Å². The highest BCUT2D eigenvalue weighted by Gasteiger charge is 2.35. The van der Waals surface area contributed by atoms with Gasteiger partial charge in [-0.3, -0.25) is 4.98 Å². The first-order valence-electron chi connectivity index (χ1n) is 11.3. The molecular formula is C25H34N2O3. The summed E-state index contributed by atoms with van der Waals surface area (Å²) in [4.78, 5) is 6.60. The Balaban J connectivity index is 1.40. The monoisotopic (exact) mass is 410 g/mol. The summed E-state index contributed by atoms with van der Waals surface area (Å²) in [6.07, 6.45) is 7.98. The number of hydrogen-bond donors (Lipinski definition) is 0. The average molecular weight is 411 g/mol. The fourth-order valence-corrected chi connectivity index (χ4v) is 4.52. The summed E-state index contributed by atoms with van der Waals surface area (Å²) in [5.74, 6) is 1.84. The fraction of sp³-hybridized carbons (Fsp3) is 0.560. The molecule has 0 unspecified atom stereocenters. The Morgan fingerprint density at radius 2 is 1.67 bits per heavy atom. The van der Waals surface area contributed by atoms with Gasteiger partial charge in [-0.2, -0.15) is 0 Å². The molecule has 0 amide bonds. The van der Waals surface area contributed by atoms with Gasteiger partial charge in [-0.25, -0.2) is 0 Å². The minimum absolute atomic E-state index is 0.0251. The van der Waals surface area contributed by atoms with E-state index in [2.05, 4.69) is 48.0 Å². The summed E-state index contributed by atoms with van der Waals surface area (Å²) in [6, 6.07) is 13.2. The van der Waals surface area contributed by atoms with Crippen LogP contribution in [0.5, 0.6) is 11.5 Å². The molecule has 0 bridgehead atoms. The topological polar surface area (TPSA) is 43.8 Å². The van der Waals surface area contributed by atoms with Gasteiger partial charge >= 0.3 is 0 Å². The molecule has 0 saturated carbocycles. The van der Waals surface area contributed by atoms with Crippen LogP contribution in [0.3, 0.4) is 0 Å². The normalized spacial score (nSPS) is 20.2. The second-order valence-corrected chi connectivity index (χ2v) is 8.84. The molecule has 1 aromatic carbocycles. The van der Waals surface area contributed by atoms with E-state index in [1.807, 2.05) is 12.1 Å². The van der Waals surface area contributed by atoms with Crippen molar-refractivity contribution in [2.24, 2.45) is 0 Å². The van der Waals surface area contributed by atoms with Gasteiger partial charge in [0.2, 0.25) is 0 Å². The predicted octanol–water partition coefficient (Wildman–Crippen LogP) is 4.46. The lowest BCUT2D eigenvalue weighted by Crippen LogP contribution is -2.41. The molecule has 2 fully saturated rings. The first-order valence-corrected chi connectivity index (χ1v) is 11.3. The van der Waals surface area contributed by atoms with Crippen molar-refractivity contribution in [3.63, 3.8) is 0 Å². The van der Waals surface area contributed by atoms with Crippen LogP contribution in [0.25, 0.3) is 0 Å². The van der Waals surface area contributed by atoms with Crippen LogP contribution in [0, 0.1) is 0 Å². The number of nitrogens with zero attached hydrogens (tertiary/aromatic N) is 2. The summed E-state index contributed by atoms with van der Waals surface area (Å²) in [5.41, 5.74) is 1.28. The summed E-state index contributed by atoms with van der Waals surface area (Å²) in [5, 5.41) is 0. The van der Waals surface area contributed by atoms with Crippen LogP contribution in [-0.4, -0.2) is 54.9 Å². The summed E-state index contributed by atoms with van der Waals surface area (Å²) >= 11 is 0. The van der Waals surface area contributed by atoms with E-state index < -0.39 is 0 Å². The van der Waals surface area contributed by atoms with Crippen molar-refractivity contribution in [2.45, 2.75) is 57.1 Å². The molecule has 2 saturated heterocycles. The maximum atomic E-state index is 6.30. The molecule has 1 aromatic heterocycles. The highest BCUT2D eigenvalue weighted by molar-refractivity contribution is 5.33. The molecule has 0 spiro atoms. The van der Waals surface area contributed by atoms with E-state index in [1.54, 1.807) is 12.4 Å². The second-order valence-electron chi connectivity index (χ2n) is 8.84. The predicted molar refractivity (Wildman–Crippen MR) is 118 cm³/mol. The zero-order valence-corrected chi connectivity index (χ0v) is 18.3. The van der Waals surface area contributed by atoms with E-state index in [4.69, 9.17) is 14.2 Å². The van der Waals surface area contributed by atoms with Gasteiger partial charge in [0.05, 0.1) is 6.61 Å². The lowest BCUT2D eigenvalue weighted by atomic mass is 9.75. The lowest BCUT2D eigenvalue weighted by molar-refractivity contribution is 0.0301. The highest BCUT2D eigenvalue weighted by atomic mass is 16.5. The molecule has 0 atom stereocenters. The van der Waals surface area contributed by atoms with Crippen molar-refractivity contribution in [3.05, 3.63) is 54.4 Å². The van der Waals surface area contributed by atoms with Gasteiger partial charge in [0.25, 0.3) is 0 Å². The molecule has 2 aliphatic heterocycles. The van der Waals surface area contributed by atoms with Gasteiger partial charge in [0, 0.05) is 50.2 Å². The molecule has 2 aromatic rings. The molecule has 162 valence electrons. The molecule has 5 nitrogen and oxygen atoms in total. The number of benzene rings is 1. The Morgan fingerprint density at radius 3 is 2.30 bits per heavy atom. The van der Waals surface area contributed by atoms with Crippen molar-refractivity contribution in [1.82, 2.24) is 9.88 Å². The third-order valence-corrected chi connectivity index (χ3v) is 6.59. The molecule has 0 aliphatic carbocycles. The Hall–Kier alpha value is -2.11. The van der Waals surface area contributed by atoms with Crippen molar-refractivity contribution in [1.29, 1.82) is 0 Å². The molecule has 4 rings (SSSR count). The maximum absolute atomic E-state index is 6.30. The smallest absolute Gasteiger partial charge is 0.122 e. The first-order chi connectivity index (χ1) is 14.6. The van der Waals surface area contributed by atoms with E-state index in [0.29, 0.717) is 18.8 Å². The van der Waals surface area contributed by atoms with Gasteiger partial charge in [-0.1, -0.05) is 12.1 Å². The van der Waals surface area contributed by atoms with Gasteiger partial charge in [0.15, 0.2) is 0 Å². The quantitative estimate of drug-likeness (QED) is 0.674. The van der Waals surface area contributed by atoms with E-state index in [0.717, 1.165) is 63.5 Å². The fourth-order valence-electron chi connectivity index (χ4n) is 4.52. The molecular weight excluding hydrogens is 376 g/mol. The lowest BCUT2D eigenvalue weighted by Gasteiger charge is -2.37. The van der Waals surface area contributed by atoms with Crippen molar-refractivity contribution in [2.75, 3.05) is 32.9 Å². The summed E-state index contributed by atoms with van der Waals surface area (Å²) in [7, 11) is 0. The minimum Gasteiger partial charge on any atom is -0.493 e. The van der Waals surface area contributed by atoms with Crippen LogP contribution in [0.15, 0.2) is 48.8 Å². The largest absolute Gasteiger partial charge is 0.493 e. The highest BCUT2D eigenvalue weighted by Crippen LogP contribution is 2.36. The Labute approximate surface area is 180 Å². The number of piperidine rings is 1. The van der Waals surface area contributed by atoms with Crippen LogP contribution in [-0.2, 0) is 10.2 Å². The van der Waals surface area contributed by atoms with E-state index >= 15 is 0 Å². The van der Waals surface area contributed by atoms with Crippen molar-refractivity contribution >= 4 is 0 Å². The molecule has 2 aliphatic rings. The van der Waals surface area contributed by atoms with Gasteiger partial charge in [0.1, 0.15) is 17.6 Å². The van der Waals surface area contributed by atoms with Crippen LogP contribution in [0.1, 0.15) is 45.1 Å². The SMILES string of the molecule is CC(C)N1CCC(Oc2ccc(C3(COc4ccncc4)CCOCC3)cc2)CC1. The Bertz CT molecular complexity index is 765. The molecule has 3 heterocycles. The van der Waals surface area contributed by atoms with E-state index in [1.165, 1.54) is 5.56 Å². The Kier molecular flexibility index (Phi) is 6.90. The molecule has 30 heavy (non-hydrogen) atoms. The molecule has 5 heteroatoms. The molecule has 0 radical (unpaired) electrons. The number of pyridine rings is 1.